The van der Waals surface area contributed by atoms with Crippen LogP contribution in [-0.4, -0.2) is 24.9 Å². The van der Waals surface area contributed by atoms with Gasteiger partial charge in [-0.05, 0) is 24.8 Å². The van der Waals surface area contributed by atoms with Crippen LogP contribution in [0.5, 0.6) is 0 Å². The molecule has 0 fully saturated rings. The molecule has 3 heterocycles. The summed E-state index contributed by atoms with van der Waals surface area (Å²) >= 11 is 7.50. The Kier molecular flexibility index (Phi) is 5.37. The third kappa shape index (κ3) is 3.35. The molecular weight excluding hydrogens is 415 g/mol. The Morgan fingerprint density at radius 2 is 1.93 bits per heavy atom. The number of anilines is 1. The van der Waals surface area contributed by atoms with E-state index in [1.165, 1.54) is 23.3 Å². The van der Waals surface area contributed by atoms with Crippen LogP contribution in [0.2, 0.25) is 5.02 Å². The highest BCUT2D eigenvalue weighted by Gasteiger charge is 2.35. The number of rotatable bonds is 4. The molecule has 0 aliphatic heterocycles. The summed E-state index contributed by atoms with van der Waals surface area (Å²) in [4.78, 5) is 22.0. The third-order valence-electron chi connectivity index (χ3n) is 4.22. The molecule has 150 valence electrons. The molecule has 0 aliphatic carbocycles. The average Bonchev–Trinajstić information content (AvgIpc) is 2.94. The summed E-state index contributed by atoms with van der Waals surface area (Å²) in [6, 6.07) is 2.52. The van der Waals surface area contributed by atoms with Crippen LogP contribution in [0.15, 0.2) is 21.8 Å². The smallest absolute Gasteiger partial charge is 0.382 e. The maximum Gasteiger partial charge on any atom is 0.431 e. The molecule has 0 unspecified atom stereocenters. The van der Waals surface area contributed by atoms with Crippen molar-refractivity contribution in [3.63, 3.8) is 0 Å². The largest absolute Gasteiger partial charge is 0.431 e. The minimum atomic E-state index is -4.67. The van der Waals surface area contributed by atoms with E-state index in [9.17, 15) is 18.0 Å². The number of aromatic nitrogens is 4. The second kappa shape index (κ2) is 7.32. The standard InChI is InChI=1S/C17H17ClF3N5OS/c1-4-26-11(17(19,20)21)7-9-13(16(26)27)25(3)15(23-9)12-10(28-5-2)6-8(18)14(22)24-12/h6-7H,4-5H2,1-3H3,(H2,22,24). The molecule has 0 radical (unpaired) electrons. The van der Waals surface area contributed by atoms with Crippen molar-refractivity contribution in [1.82, 2.24) is 19.1 Å². The first-order valence-corrected chi connectivity index (χ1v) is 9.73. The molecule has 28 heavy (non-hydrogen) atoms. The lowest BCUT2D eigenvalue weighted by molar-refractivity contribution is -0.144. The van der Waals surface area contributed by atoms with Crippen LogP contribution in [0.3, 0.4) is 0 Å². The molecule has 3 aromatic heterocycles. The Morgan fingerprint density at radius 1 is 1.25 bits per heavy atom. The van der Waals surface area contributed by atoms with Crippen molar-refractivity contribution >= 4 is 40.2 Å². The predicted octanol–water partition coefficient (Wildman–Crippen LogP) is 4.18. The van der Waals surface area contributed by atoms with Crippen molar-refractivity contribution in [2.75, 3.05) is 11.5 Å². The van der Waals surface area contributed by atoms with Crippen LogP contribution in [0.1, 0.15) is 19.5 Å². The summed E-state index contributed by atoms with van der Waals surface area (Å²) < 4.78 is 42.3. The van der Waals surface area contributed by atoms with Gasteiger partial charge in [0.25, 0.3) is 5.56 Å². The highest BCUT2D eigenvalue weighted by molar-refractivity contribution is 7.99. The highest BCUT2D eigenvalue weighted by Crippen LogP contribution is 2.35. The first-order valence-electron chi connectivity index (χ1n) is 8.36. The van der Waals surface area contributed by atoms with Crippen LogP contribution in [0.25, 0.3) is 22.6 Å². The van der Waals surface area contributed by atoms with Crippen LogP contribution >= 0.6 is 23.4 Å². The maximum atomic E-state index is 13.4. The van der Waals surface area contributed by atoms with E-state index >= 15 is 0 Å². The average molecular weight is 432 g/mol. The second-order valence-electron chi connectivity index (χ2n) is 5.94. The second-order valence-corrected chi connectivity index (χ2v) is 7.65. The van der Waals surface area contributed by atoms with Gasteiger partial charge in [0.15, 0.2) is 5.82 Å². The van der Waals surface area contributed by atoms with E-state index in [-0.39, 0.29) is 34.2 Å². The fourth-order valence-corrected chi connectivity index (χ4v) is 3.99. The summed E-state index contributed by atoms with van der Waals surface area (Å²) in [5, 5.41) is 0.270. The van der Waals surface area contributed by atoms with Crippen molar-refractivity contribution in [3.05, 3.63) is 33.2 Å². The van der Waals surface area contributed by atoms with Gasteiger partial charge in [-0.1, -0.05) is 18.5 Å². The van der Waals surface area contributed by atoms with Gasteiger partial charge in [0.2, 0.25) is 0 Å². The van der Waals surface area contributed by atoms with E-state index in [2.05, 4.69) is 9.97 Å². The van der Waals surface area contributed by atoms with Gasteiger partial charge in [-0.3, -0.25) is 4.79 Å². The zero-order valence-corrected chi connectivity index (χ0v) is 16.8. The molecule has 0 aliphatic rings. The molecule has 3 aromatic rings. The number of alkyl halides is 3. The highest BCUT2D eigenvalue weighted by atomic mass is 35.5. The van der Waals surface area contributed by atoms with Crippen molar-refractivity contribution < 1.29 is 13.2 Å². The summed E-state index contributed by atoms with van der Waals surface area (Å²) in [6.07, 6.45) is -4.67. The van der Waals surface area contributed by atoms with E-state index in [1.807, 2.05) is 6.92 Å². The number of aryl methyl sites for hydroxylation is 1. The van der Waals surface area contributed by atoms with Crippen molar-refractivity contribution in [1.29, 1.82) is 0 Å². The number of imidazole rings is 1. The topological polar surface area (TPSA) is 78.7 Å². The van der Waals surface area contributed by atoms with Gasteiger partial charge in [0.05, 0.1) is 10.5 Å². The Hall–Kier alpha value is -2.20. The molecule has 0 saturated heterocycles. The number of pyridine rings is 2. The minimum Gasteiger partial charge on any atom is -0.382 e. The molecule has 0 aromatic carbocycles. The molecule has 0 bridgehead atoms. The van der Waals surface area contributed by atoms with Crippen LogP contribution < -0.4 is 11.3 Å². The summed E-state index contributed by atoms with van der Waals surface area (Å²) in [7, 11) is 1.56. The number of nitrogens with zero attached hydrogens (tertiary/aromatic N) is 4. The Balaban J connectivity index is 2.37. The number of nitrogen functional groups attached to an aromatic ring is 1. The molecule has 11 heteroatoms. The van der Waals surface area contributed by atoms with Gasteiger partial charge in [-0.25, -0.2) is 9.97 Å². The first-order chi connectivity index (χ1) is 13.1. The van der Waals surface area contributed by atoms with E-state index < -0.39 is 17.4 Å². The molecule has 0 amide bonds. The molecular formula is C17H17ClF3N5OS. The number of thioether (sulfide) groups is 1. The maximum absolute atomic E-state index is 13.4. The normalized spacial score (nSPS) is 12.1. The molecule has 0 saturated carbocycles. The third-order valence-corrected chi connectivity index (χ3v) is 5.43. The Bertz CT molecular complexity index is 1120. The minimum absolute atomic E-state index is 0.0534. The van der Waals surface area contributed by atoms with Gasteiger partial charge < -0.3 is 14.9 Å². The lowest BCUT2D eigenvalue weighted by atomic mass is 10.3. The predicted molar refractivity (Wildman–Crippen MR) is 105 cm³/mol. The van der Waals surface area contributed by atoms with Crippen LogP contribution in [-0.2, 0) is 19.8 Å². The lowest BCUT2D eigenvalue weighted by Crippen LogP contribution is -2.28. The van der Waals surface area contributed by atoms with Gasteiger partial charge in [0, 0.05) is 18.5 Å². The SMILES string of the molecule is CCSc1cc(Cl)c(N)nc1-c1nc2cc(C(F)(F)F)n(CC)c(=O)c2n1C. The fourth-order valence-electron chi connectivity index (χ4n) is 2.99. The zero-order chi connectivity index (χ0) is 20.8. The van der Waals surface area contributed by atoms with E-state index in [0.717, 1.165) is 6.07 Å². The summed E-state index contributed by atoms with van der Waals surface area (Å²) in [5.41, 5.74) is 4.39. The van der Waals surface area contributed by atoms with E-state index in [0.29, 0.717) is 20.9 Å². The number of hydrogen-bond acceptors (Lipinski definition) is 5. The molecule has 2 N–H and O–H groups in total. The van der Waals surface area contributed by atoms with Crippen LogP contribution in [0, 0.1) is 0 Å². The summed E-state index contributed by atoms with van der Waals surface area (Å²) in [6.45, 7) is 3.30. The number of halogens is 4. The van der Waals surface area contributed by atoms with Gasteiger partial charge in [-0.15, -0.1) is 11.8 Å². The van der Waals surface area contributed by atoms with Gasteiger partial charge in [0.1, 0.15) is 22.7 Å². The van der Waals surface area contributed by atoms with Gasteiger partial charge in [-0.2, -0.15) is 13.2 Å². The quantitative estimate of drug-likeness (QED) is 0.627. The van der Waals surface area contributed by atoms with E-state index in [4.69, 9.17) is 17.3 Å². The van der Waals surface area contributed by atoms with Crippen LogP contribution in [0.4, 0.5) is 19.0 Å². The van der Waals surface area contributed by atoms with Crippen molar-refractivity contribution in [3.8, 4) is 11.5 Å². The molecule has 3 rings (SSSR count). The molecule has 0 spiro atoms. The monoisotopic (exact) mass is 431 g/mol. The molecule has 0 atom stereocenters. The number of hydrogen-bond donors (Lipinski definition) is 1. The fraction of sp³-hybridized carbons (Fsp3) is 0.353. The zero-order valence-electron chi connectivity index (χ0n) is 15.3. The lowest BCUT2D eigenvalue weighted by Gasteiger charge is -2.14. The van der Waals surface area contributed by atoms with Crippen molar-refractivity contribution in [2.45, 2.75) is 31.5 Å². The summed E-state index contributed by atoms with van der Waals surface area (Å²) in [5.74, 6) is 1.03. The number of fused-ring (bicyclic) bond motifs is 1. The number of nitrogens with two attached hydrogens (primary N) is 1. The van der Waals surface area contributed by atoms with E-state index in [1.54, 1.807) is 13.1 Å². The Labute approximate surface area is 167 Å². The first kappa shape index (κ1) is 20.5. The van der Waals surface area contributed by atoms with Gasteiger partial charge >= 0.3 is 6.18 Å². The Morgan fingerprint density at radius 3 is 2.50 bits per heavy atom. The van der Waals surface area contributed by atoms with Crippen molar-refractivity contribution in [2.24, 2.45) is 7.05 Å². The molecule has 6 nitrogen and oxygen atoms in total.